The minimum absolute atomic E-state index is 0.0589. The number of aliphatic carboxylic acids is 1. The molecule has 2 rings (SSSR count). The second-order valence-corrected chi connectivity index (χ2v) is 4.05. The molecule has 0 spiro atoms. The summed E-state index contributed by atoms with van der Waals surface area (Å²) in [6.07, 6.45) is 1.43. The summed E-state index contributed by atoms with van der Waals surface area (Å²) in [6.45, 7) is 2.10. The molecule has 0 amide bonds. The standard InChI is InChI=1S/C13H15N3O2/c1-2-9-3-5-10(6-4-9)13-14-11(15-16-13)7-8-12(17)18/h3-6H,2,7-8H2,1H3,(H,17,18)(H,14,15,16). The lowest BCUT2D eigenvalue weighted by Crippen LogP contribution is -1.98. The van der Waals surface area contributed by atoms with E-state index in [1.54, 1.807) is 0 Å². The number of carboxylic acid groups (broad SMARTS) is 1. The van der Waals surface area contributed by atoms with Crippen molar-refractivity contribution >= 4 is 5.97 Å². The van der Waals surface area contributed by atoms with Gasteiger partial charge in [0.15, 0.2) is 5.82 Å². The SMILES string of the molecule is CCc1ccc(-c2n[nH]c(CCC(=O)O)n2)cc1. The Morgan fingerprint density at radius 1 is 1.33 bits per heavy atom. The molecule has 2 aromatic rings. The Bertz CT molecular complexity index is 531. The lowest BCUT2D eigenvalue weighted by Gasteiger charge is -1.97. The zero-order chi connectivity index (χ0) is 13.0. The fourth-order valence-electron chi connectivity index (χ4n) is 1.65. The maximum Gasteiger partial charge on any atom is 0.303 e. The van der Waals surface area contributed by atoms with Crippen LogP contribution in [-0.2, 0) is 17.6 Å². The maximum atomic E-state index is 10.5. The molecule has 0 aliphatic heterocycles. The van der Waals surface area contributed by atoms with E-state index < -0.39 is 5.97 Å². The monoisotopic (exact) mass is 245 g/mol. The van der Waals surface area contributed by atoms with Crippen LogP contribution < -0.4 is 0 Å². The molecule has 0 saturated carbocycles. The quantitative estimate of drug-likeness (QED) is 0.845. The molecule has 0 saturated heterocycles. The van der Waals surface area contributed by atoms with Crippen LogP contribution in [0.25, 0.3) is 11.4 Å². The first-order chi connectivity index (χ1) is 8.69. The first kappa shape index (κ1) is 12.3. The van der Waals surface area contributed by atoms with Gasteiger partial charge in [-0.15, -0.1) is 0 Å². The van der Waals surface area contributed by atoms with Gasteiger partial charge in [0.1, 0.15) is 5.82 Å². The van der Waals surface area contributed by atoms with Crippen molar-refractivity contribution in [1.29, 1.82) is 0 Å². The van der Waals surface area contributed by atoms with E-state index in [4.69, 9.17) is 5.11 Å². The van der Waals surface area contributed by atoms with Crippen LogP contribution >= 0.6 is 0 Å². The predicted molar refractivity (Wildman–Crippen MR) is 67.2 cm³/mol. The molecular formula is C13H15N3O2. The maximum absolute atomic E-state index is 10.5. The van der Waals surface area contributed by atoms with Crippen molar-refractivity contribution in [3.05, 3.63) is 35.7 Å². The highest BCUT2D eigenvalue weighted by atomic mass is 16.4. The molecule has 0 unspecified atom stereocenters. The number of benzene rings is 1. The minimum atomic E-state index is -0.833. The fraction of sp³-hybridized carbons (Fsp3) is 0.308. The highest BCUT2D eigenvalue weighted by molar-refractivity contribution is 5.66. The average molecular weight is 245 g/mol. The molecule has 18 heavy (non-hydrogen) atoms. The molecule has 1 heterocycles. The third kappa shape index (κ3) is 2.94. The summed E-state index contributed by atoms with van der Waals surface area (Å²) in [6, 6.07) is 8.04. The third-order valence-electron chi connectivity index (χ3n) is 2.73. The number of aryl methyl sites for hydroxylation is 2. The van der Waals surface area contributed by atoms with Crippen molar-refractivity contribution in [2.24, 2.45) is 0 Å². The Balaban J connectivity index is 2.10. The fourth-order valence-corrected chi connectivity index (χ4v) is 1.65. The van der Waals surface area contributed by atoms with E-state index in [0.717, 1.165) is 12.0 Å². The van der Waals surface area contributed by atoms with Gasteiger partial charge >= 0.3 is 5.97 Å². The van der Waals surface area contributed by atoms with Gasteiger partial charge < -0.3 is 5.11 Å². The highest BCUT2D eigenvalue weighted by Gasteiger charge is 2.07. The minimum Gasteiger partial charge on any atom is -0.481 e. The molecule has 0 fully saturated rings. The Kier molecular flexibility index (Phi) is 3.72. The molecule has 1 aromatic carbocycles. The molecule has 0 atom stereocenters. The van der Waals surface area contributed by atoms with E-state index in [1.165, 1.54) is 5.56 Å². The number of nitrogens with one attached hydrogen (secondary N) is 1. The Morgan fingerprint density at radius 2 is 2.06 bits per heavy atom. The molecule has 0 aliphatic carbocycles. The van der Waals surface area contributed by atoms with Gasteiger partial charge in [0.25, 0.3) is 0 Å². The smallest absolute Gasteiger partial charge is 0.303 e. The second kappa shape index (κ2) is 5.44. The summed E-state index contributed by atoms with van der Waals surface area (Å²) in [4.78, 5) is 14.7. The van der Waals surface area contributed by atoms with Crippen LogP contribution in [0.3, 0.4) is 0 Å². The van der Waals surface area contributed by atoms with Crippen LogP contribution in [0.1, 0.15) is 24.7 Å². The molecule has 2 N–H and O–H groups in total. The number of carbonyl (C=O) groups is 1. The first-order valence-corrected chi connectivity index (χ1v) is 5.91. The van der Waals surface area contributed by atoms with E-state index in [0.29, 0.717) is 18.1 Å². The van der Waals surface area contributed by atoms with Crippen LogP contribution in [0.2, 0.25) is 0 Å². The summed E-state index contributed by atoms with van der Waals surface area (Å²) in [5.41, 5.74) is 2.20. The molecule has 0 aliphatic rings. The average Bonchev–Trinajstić information content (AvgIpc) is 2.85. The number of carboxylic acids is 1. The van der Waals surface area contributed by atoms with Crippen molar-refractivity contribution in [2.75, 3.05) is 0 Å². The molecule has 0 radical (unpaired) electrons. The Hall–Kier alpha value is -2.17. The van der Waals surface area contributed by atoms with Gasteiger partial charge in [-0.2, -0.15) is 5.10 Å². The largest absolute Gasteiger partial charge is 0.481 e. The zero-order valence-corrected chi connectivity index (χ0v) is 10.2. The number of aromatic amines is 1. The van der Waals surface area contributed by atoms with E-state index in [9.17, 15) is 4.79 Å². The number of rotatable bonds is 5. The summed E-state index contributed by atoms with van der Waals surface area (Å²) in [7, 11) is 0. The molecule has 5 heteroatoms. The number of hydrogen-bond donors (Lipinski definition) is 2. The van der Waals surface area contributed by atoms with Crippen molar-refractivity contribution in [3.8, 4) is 11.4 Å². The van der Waals surface area contributed by atoms with Crippen LogP contribution in [0.4, 0.5) is 0 Å². The van der Waals surface area contributed by atoms with Gasteiger partial charge in [-0.25, -0.2) is 4.98 Å². The first-order valence-electron chi connectivity index (χ1n) is 5.91. The van der Waals surface area contributed by atoms with Gasteiger partial charge in [0, 0.05) is 12.0 Å². The van der Waals surface area contributed by atoms with E-state index >= 15 is 0 Å². The molecule has 94 valence electrons. The Morgan fingerprint density at radius 3 is 2.67 bits per heavy atom. The van der Waals surface area contributed by atoms with Gasteiger partial charge in [-0.3, -0.25) is 9.89 Å². The predicted octanol–water partition coefficient (Wildman–Crippen LogP) is 2.05. The van der Waals surface area contributed by atoms with E-state index in [1.807, 2.05) is 24.3 Å². The zero-order valence-electron chi connectivity index (χ0n) is 10.2. The van der Waals surface area contributed by atoms with Crippen molar-refractivity contribution < 1.29 is 9.90 Å². The topological polar surface area (TPSA) is 78.9 Å². The van der Waals surface area contributed by atoms with Crippen molar-refractivity contribution in [1.82, 2.24) is 15.2 Å². The van der Waals surface area contributed by atoms with E-state index in [2.05, 4.69) is 22.1 Å². The summed E-state index contributed by atoms with van der Waals surface area (Å²) in [5, 5.41) is 15.4. The molecular weight excluding hydrogens is 230 g/mol. The van der Waals surface area contributed by atoms with E-state index in [-0.39, 0.29) is 6.42 Å². The second-order valence-electron chi connectivity index (χ2n) is 4.05. The molecule has 0 bridgehead atoms. The third-order valence-corrected chi connectivity index (χ3v) is 2.73. The van der Waals surface area contributed by atoms with Crippen LogP contribution in [0.5, 0.6) is 0 Å². The number of aromatic nitrogens is 3. The summed E-state index contributed by atoms with van der Waals surface area (Å²) >= 11 is 0. The number of nitrogens with zero attached hydrogens (tertiary/aromatic N) is 2. The van der Waals surface area contributed by atoms with Gasteiger partial charge in [0.05, 0.1) is 6.42 Å². The van der Waals surface area contributed by atoms with Crippen LogP contribution in [0, 0.1) is 0 Å². The highest BCUT2D eigenvalue weighted by Crippen LogP contribution is 2.16. The molecule has 1 aromatic heterocycles. The van der Waals surface area contributed by atoms with Crippen molar-refractivity contribution in [3.63, 3.8) is 0 Å². The molecule has 5 nitrogen and oxygen atoms in total. The van der Waals surface area contributed by atoms with Crippen LogP contribution in [0.15, 0.2) is 24.3 Å². The van der Waals surface area contributed by atoms with Gasteiger partial charge in [-0.1, -0.05) is 31.2 Å². The van der Waals surface area contributed by atoms with Crippen molar-refractivity contribution in [2.45, 2.75) is 26.2 Å². The normalized spacial score (nSPS) is 10.5. The lowest BCUT2D eigenvalue weighted by atomic mass is 10.1. The van der Waals surface area contributed by atoms with Gasteiger partial charge in [-0.05, 0) is 12.0 Å². The summed E-state index contributed by atoms with van der Waals surface area (Å²) < 4.78 is 0. The number of hydrogen-bond acceptors (Lipinski definition) is 3. The number of H-pyrrole nitrogens is 1. The lowest BCUT2D eigenvalue weighted by molar-refractivity contribution is -0.137. The summed E-state index contributed by atoms with van der Waals surface area (Å²) in [5.74, 6) is 0.380. The van der Waals surface area contributed by atoms with Crippen LogP contribution in [-0.4, -0.2) is 26.3 Å². The van der Waals surface area contributed by atoms with Gasteiger partial charge in [0.2, 0.25) is 0 Å². The Labute approximate surface area is 105 Å².